The lowest BCUT2D eigenvalue weighted by Crippen LogP contribution is -1.98. The van der Waals surface area contributed by atoms with Crippen molar-refractivity contribution in [2.75, 3.05) is 35.5 Å². The van der Waals surface area contributed by atoms with Gasteiger partial charge in [-0.3, -0.25) is 4.79 Å². The minimum Gasteiger partial charge on any atom is -0.493 e. The Labute approximate surface area is 178 Å². The number of carbonyl (C=O) groups excluding carboxylic acids is 1. The first kappa shape index (κ1) is 21.6. The van der Waals surface area contributed by atoms with Crippen LogP contribution in [0.1, 0.15) is 5.56 Å². The van der Waals surface area contributed by atoms with Crippen LogP contribution in [0.4, 0.5) is 0 Å². The Hall–Kier alpha value is -4.10. The summed E-state index contributed by atoms with van der Waals surface area (Å²) < 4.78 is 27.7. The largest absolute Gasteiger partial charge is 0.493 e. The molecule has 0 aromatic heterocycles. The average molecular weight is 423 g/mol. The number of carbonyl (C=O) groups is 1. The van der Waals surface area contributed by atoms with Crippen molar-refractivity contribution in [2.24, 2.45) is 5.11 Å². The molecule has 1 amide bonds. The first-order valence-electron chi connectivity index (χ1n) is 9.11. The fourth-order valence-electron chi connectivity index (χ4n) is 3.50. The summed E-state index contributed by atoms with van der Waals surface area (Å²) in [4.78, 5) is 14.3. The Kier molecular flexibility index (Phi) is 6.37. The van der Waals surface area contributed by atoms with Gasteiger partial charge in [0.25, 0.3) is 0 Å². The third-order valence-electron chi connectivity index (χ3n) is 4.83. The first-order chi connectivity index (χ1) is 15.0. The van der Waals surface area contributed by atoms with E-state index in [0.29, 0.717) is 34.3 Å². The van der Waals surface area contributed by atoms with Gasteiger partial charge in [0.2, 0.25) is 11.7 Å². The van der Waals surface area contributed by atoms with Crippen LogP contribution < -0.4 is 23.7 Å². The van der Waals surface area contributed by atoms with Gasteiger partial charge in [0, 0.05) is 10.3 Å². The normalized spacial score (nSPS) is 10.7. The van der Waals surface area contributed by atoms with Crippen LogP contribution in [-0.2, 0) is 4.79 Å². The highest BCUT2D eigenvalue weighted by Crippen LogP contribution is 2.48. The van der Waals surface area contributed by atoms with Crippen molar-refractivity contribution in [3.05, 3.63) is 46.3 Å². The molecule has 9 heteroatoms. The summed E-state index contributed by atoms with van der Waals surface area (Å²) in [5, 5.41) is 6.18. The topological polar surface area (TPSA) is 112 Å². The quantitative estimate of drug-likeness (QED) is 0.176. The number of methoxy groups -OCH3 is 5. The fraction of sp³-hybridized carbons (Fsp3) is 0.227. The second kappa shape index (κ2) is 9.15. The smallest absolute Gasteiger partial charge is 0.242 e. The molecule has 0 atom stereocenters. The Morgan fingerprint density at radius 2 is 1.45 bits per heavy atom. The molecule has 0 spiro atoms. The Bertz CT molecular complexity index is 1250. The molecule has 0 radical (unpaired) electrons. The van der Waals surface area contributed by atoms with Gasteiger partial charge < -0.3 is 23.7 Å². The summed E-state index contributed by atoms with van der Waals surface area (Å²) in [5.41, 5.74) is 9.16. The summed E-state index contributed by atoms with van der Waals surface area (Å²) in [5.74, 6) is 1.74. The maximum atomic E-state index is 11.7. The zero-order valence-electron chi connectivity index (χ0n) is 17.8. The molecule has 0 aliphatic rings. The molecule has 0 N–H and O–H groups in total. The second-order valence-corrected chi connectivity index (χ2v) is 6.32. The molecule has 3 aromatic carbocycles. The predicted octanol–water partition coefficient (Wildman–Crippen LogP) is 4.89. The van der Waals surface area contributed by atoms with Gasteiger partial charge in [-0.1, -0.05) is 6.08 Å². The fourth-order valence-corrected chi connectivity index (χ4v) is 3.50. The van der Waals surface area contributed by atoms with Crippen molar-refractivity contribution >= 4 is 33.5 Å². The standard InChI is InChI=1S/C22H21N3O6/c1-27-16-9-13-8-12(6-7-19(26)24-25-23)14-11-18(29-3)21(30-4)22(31-5)20(14)15(13)10-17(16)28-2/h6-11H,1-5H3/b7-6+. The van der Waals surface area contributed by atoms with Crippen LogP contribution in [0, 0.1) is 0 Å². The van der Waals surface area contributed by atoms with Gasteiger partial charge in [-0.15, -0.1) is 0 Å². The van der Waals surface area contributed by atoms with Crippen molar-refractivity contribution in [2.45, 2.75) is 0 Å². The first-order valence-corrected chi connectivity index (χ1v) is 9.11. The minimum atomic E-state index is -0.712. The minimum absolute atomic E-state index is 0.430. The summed E-state index contributed by atoms with van der Waals surface area (Å²) in [6.45, 7) is 0. The molecule has 0 aliphatic heterocycles. The zero-order chi connectivity index (χ0) is 22.5. The molecule has 0 saturated heterocycles. The third-order valence-corrected chi connectivity index (χ3v) is 4.83. The molecular formula is C22H21N3O6. The van der Waals surface area contributed by atoms with E-state index in [4.69, 9.17) is 29.2 Å². The Morgan fingerprint density at radius 1 is 0.839 bits per heavy atom. The van der Waals surface area contributed by atoms with Crippen LogP contribution in [-0.4, -0.2) is 41.5 Å². The molecule has 3 aromatic rings. The monoisotopic (exact) mass is 423 g/mol. The number of rotatable bonds is 7. The highest BCUT2D eigenvalue weighted by Gasteiger charge is 2.21. The lowest BCUT2D eigenvalue weighted by atomic mass is 9.95. The van der Waals surface area contributed by atoms with E-state index >= 15 is 0 Å². The molecule has 0 aliphatic carbocycles. The van der Waals surface area contributed by atoms with Crippen molar-refractivity contribution in [1.29, 1.82) is 0 Å². The maximum absolute atomic E-state index is 11.7. The molecule has 0 heterocycles. The van der Waals surface area contributed by atoms with Crippen LogP contribution >= 0.6 is 0 Å². The molecule has 3 rings (SSSR count). The van der Waals surface area contributed by atoms with Crippen molar-refractivity contribution in [1.82, 2.24) is 0 Å². The van der Waals surface area contributed by atoms with Gasteiger partial charge in [0.1, 0.15) is 0 Å². The zero-order valence-corrected chi connectivity index (χ0v) is 17.8. The van der Waals surface area contributed by atoms with Gasteiger partial charge in [-0.25, -0.2) is 0 Å². The van der Waals surface area contributed by atoms with Gasteiger partial charge in [-0.05, 0) is 62.7 Å². The van der Waals surface area contributed by atoms with Crippen molar-refractivity contribution < 1.29 is 28.5 Å². The number of amides is 1. The van der Waals surface area contributed by atoms with E-state index in [1.165, 1.54) is 27.4 Å². The Morgan fingerprint density at radius 3 is 2.03 bits per heavy atom. The van der Waals surface area contributed by atoms with Crippen LogP contribution in [0.15, 0.2) is 35.5 Å². The molecule has 0 fully saturated rings. The van der Waals surface area contributed by atoms with E-state index in [1.807, 2.05) is 18.2 Å². The lowest BCUT2D eigenvalue weighted by Gasteiger charge is -2.18. The van der Waals surface area contributed by atoms with E-state index in [9.17, 15) is 4.79 Å². The summed E-state index contributed by atoms with van der Waals surface area (Å²) >= 11 is 0. The average Bonchev–Trinajstić information content (AvgIpc) is 2.80. The number of fused-ring (bicyclic) bond motifs is 3. The molecule has 0 bridgehead atoms. The third kappa shape index (κ3) is 3.86. The SMILES string of the molecule is COc1cc2cc(/C=C/C(=O)N=[N+]=[N-])c3cc(OC)c(OC)c(OC)c3c2cc1OC. The highest BCUT2D eigenvalue weighted by atomic mass is 16.5. The van der Waals surface area contributed by atoms with E-state index < -0.39 is 5.91 Å². The van der Waals surface area contributed by atoms with E-state index in [0.717, 1.165) is 21.5 Å². The van der Waals surface area contributed by atoms with Crippen LogP contribution in [0.3, 0.4) is 0 Å². The van der Waals surface area contributed by atoms with Gasteiger partial charge in [0.05, 0.1) is 35.5 Å². The molecule has 31 heavy (non-hydrogen) atoms. The van der Waals surface area contributed by atoms with Gasteiger partial charge >= 0.3 is 0 Å². The second-order valence-electron chi connectivity index (χ2n) is 6.32. The predicted molar refractivity (Wildman–Crippen MR) is 117 cm³/mol. The van der Waals surface area contributed by atoms with Crippen LogP contribution in [0.25, 0.3) is 38.1 Å². The molecule has 0 unspecified atom stereocenters. The molecule has 9 nitrogen and oxygen atoms in total. The number of nitrogens with zero attached hydrogens (tertiary/aromatic N) is 3. The van der Waals surface area contributed by atoms with Gasteiger partial charge in [0.15, 0.2) is 23.0 Å². The van der Waals surface area contributed by atoms with Crippen LogP contribution in [0.2, 0.25) is 0 Å². The van der Waals surface area contributed by atoms with E-state index in [2.05, 4.69) is 10.0 Å². The summed E-state index contributed by atoms with van der Waals surface area (Å²) in [6, 6.07) is 7.36. The van der Waals surface area contributed by atoms with Crippen molar-refractivity contribution in [3.8, 4) is 28.7 Å². The van der Waals surface area contributed by atoms with E-state index in [1.54, 1.807) is 26.4 Å². The number of hydrogen-bond donors (Lipinski definition) is 0. The number of ether oxygens (including phenoxy) is 5. The maximum Gasteiger partial charge on any atom is 0.242 e. The summed E-state index contributed by atoms with van der Waals surface area (Å²) in [7, 11) is 7.71. The van der Waals surface area contributed by atoms with Gasteiger partial charge in [-0.2, -0.15) is 0 Å². The molecule has 160 valence electrons. The lowest BCUT2D eigenvalue weighted by molar-refractivity contribution is -0.113. The summed E-state index contributed by atoms with van der Waals surface area (Å²) in [6.07, 6.45) is 2.77. The van der Waals surface area contributed by atoms with E-state index in [-0.39, 0.29) is 0 Å². The van der Waals surface area contributed by atoms with Crippen LogP contribution in [0.5, 0.6) is 28.7 Å². The van der Waals surface area contributed by atoms with Crippen molar-refractivity contribution in [3.63, 3.8) is 0 Å². The highest BCUT2D eigenvalue weighted by molar-refractivity contribution is 6.16. The Balaban J connectivity index is 2.52. The number of benzene rings is 3. The number of hydrogen-bond acceptors (Lipinski definition) is 6. The molecular weight excluding hydrogens is 402 g/mol. The number of azide groups is 1. The molecule has 0 saturated carbocycles.